The van der Waals surface area contributed by atoms with Gasteiger partial charge in [-0.25, -0.2) is 4.79 Å². The number of rotatable bonds is 5. The summed E-state index contributed by atoms with van der Waals surface area (Å²) in [7, 11) is 1.45. The first-order chi connectivity index (χ1) is 9.74. The topological polar surface area (TPSA) is 64.6 Å². The quantitative estimate of drug-likeness (QED) is 0.845. The first-order valence-electron chi connectivity index (χ1n) is 6.85. The van der Waals surface area contributed by atoms with Crippen molar-refractivity contribution < 1.29 is 19.1 Å². The van der Waals surface area contributed by atoms with E-state index in [-0.39, 0.29) is 5.91 Å². The maximum Gasteiger partial charge on any atom is 0.328 e. The molecular formula is C16H23NO4. The van der Waals surface area contributed by atoms with Crippen LogP contribution in [0.5, 0.6) is 0 Å². The van der Waals surface area contributed by atoms with Crippen molar-refractivity contribution in [1.82, 2.24) is 5.32 Å². The van der Waals surface area contributed by atoms with E-state index in [9.17, 15) is 9.59 Å². The van der Waals surface area contributed by atoms with Crippen LogP contribution in [-0.2, 0) is 19.1 Å². The lowest BCUT2D eigenvalue weighted by molar-refractivity contribution is -0.158. The summed E-state index contributed by atoms with van der Waals surface area (Å²) in [4.78, 5) is 24.1. The van der Waals surface area contributed by atoms with Crippen LogP contribution in [0.2, 0.25) is 0 Å². The molecule has 5 heteroatoms. The highest BCUT2D eigenvalue weighted by atomic mass is 16.6. The predicted octanol–water partition coefficient (Wildman–Crippen LogP) is 2.22. The Hall–Kier alpha value is -1.88. The van der Waals surface area contributed by atoms with Crippen molar-refractivity contribution in [3.05, 3.63) is 35.9 Å². The zero-order valence-corrected chi connectivity index (χ0v) is 13.2. The molecule has 1 rings (SSSR count). The van der Waals surface area contributed by atoms with Gasteiger partial charge >= 0.3 is 5.97 Å². The molecule has 116 valence electrons. The van der Waals surface area contributed by atoms with E-state index in [1.807, 2.05) is 18.2 Å². The molecule has 0 fully saturated rings. The Balaban J connectivity index is 2.68. The zero-order valence-electron chi connectivity index (χ0n) is 13.2. The maximum absolute atomic E-state index is 12.2. The van der Waals surface area contributed by atoms with E-state index < -0.39 is 23.7 Å². The SMILES string of the molecule is COC(C(=O)N[C@H](C)C(=O)OC(C)(C)C)c1ccccc1. The summed E-state index contributed by atoms with van der Waals surface area (Å²) in [5, 5.41) is 2.61. The molecule has 1 aromatic carbocycles. The number of benzene rings is 1. The van der Waals surface area contributed by atoms with Gasteiger partial charge in [0.1, 0.15) is 11.6 Å². The van der Waals surface area contributed by atoms with Crippen molar-refractivity contribution in [2.45, 2.75) is 45.4 Å². The second-order valence-electron chi connectivity index (χ2n) is 5.79. The summed E-state index contributed by atoms with van der Waals surface area (Å²) in [5.41, 5.74) is 0.143. The van der Waals surface area contributed by atoms with Crippen LogP contribution in [0.4, 0.5) is 0 Å². The van der Waals surface area contributed by atoms with E-state index in [1.165, 1.54) is 7.11 Å². The molecule has 0 aromatic heterocycles. The van der Waals surface area contributed by atoms with Crippen molar-refractivity contribution >= 4 is 11.9 Å². The van der Waals surface area contributed by atoms with Gasteiger partial charge in [0.15, 0.2) is 6.10 Å². The first kappa shape index (κ1) is 17.2. The third-order valence-electron chi connectivity index (χ3n) is 2.70. The second-order valence-corrected chi connectivity index (χ2v) is 5.79. The van der Waals surface area contributed by atoms with Crippen LogP contribution in [0.1, 0.15) is 39.4 Å². The minimum absolute atomic E-state index is 0.373. The Morgan fingerprint density at radius 1 is 1.14 bits per heavy atom. The monoisotopic (exact) mass is 293 g/mol. The van der Waals surface area contributed by atoms with Gasteiger partial charge in [0.25, 0.3) is 5.91 Å². The van der Waals surface area contributed by atoms with E-state index in [2.05, 4.69) is 5.32 Å². The molecule has 0 bridgehead atoms. The Bertz CT molecular complexity index is 479. The van der Waals surface area contributed by atoms with Crippen LogP contribution in [0.25, 0.3) is 0 Å². The average Bonchev–Trinajstić information content (AvgIpc) is 2.38. The molecule has 0 radical (unpaired) electrons. The van der Waals surface area contributed by atoms with Gasteiger partial charge in [0, 0.05) is 7.11 Å². The zero-order chi connectivity index (χ0) is 16.0. The van der Waals surface area contributed by atoms with Crippen LogP contribution in [0.3, 0.4) is 0 Å². The van der Waals surface area contributed by atoms with Gasteiger partial charge in [-0.1, -0.05) is 30.3 Å². The van der Waals surface area contributed by atoms with E-state index in [1.54, 1.807) is 39.8 Å². The fraction of sp³-hybridized carbons (Fsp3) is 0.500. The van der Waals surface area contributed by atoms with Crippen molar-refractivity contribution in [3.63, 3.8) is 0 Å². The van der Waals surface area contributed by atoms with Gasteiger partial charge in [0.05, 0.1) is 0 Å². The van der Waals surface area contributed by atoms with Gasteiger partial charge in [-0.2, -0.15) is 0 Å². The lowest BCUT2D eigenvalue weighted by atomic mass is 10.1. The van der Waals surface area contributed by atoms with Gasteiger partial charge in [0.2, 0.25) is 0 Å². The molecule has 0 spiro atoms. The highest BCUT2D eigenvalue weighted by Gasteiger charge is 2.26. The molecule has 1 amide bonds. The molecule has 0 saturated heterocycles. The van der Waals surface area contributed by atoms with Gasteiger partial charge in [-0.15, -0.1) is 0 Å². The standard InChI is InChI=1S/C16H23NO4/c1-11(15(19)21-16(2,3)4)17-14(18)13(20-5)12-9-7-6-8-10-12/h6-11,13H,1-5H3,(H,17,18)/t11-,13?/m1/s1. The summed E-state index contributed by atoms with van der Waals surface area (Å²) >= 11 is 0. The first-order valence-corrected chi connectivity index (χ1v) is 6.85. The fourth-order valence-electron chi connectivity index (χ4n) is 1.76. The molecule has 0 heterocycles. The molecule has 1 unspecified atom stereocenters. The van der Waals surface area contributed by atoms with Crippen LogP contribution >= 0.6 is 0 Å². The van der Waals surface area contributed by atoms with Crippen molar-refractivity contribution in [2.24, 2.45) is 0 Å². The smallest absolute Gasteiger partial charge is 0.328 e. The number of hydrogen-bond donors (Lipinski definition) is 1. The molecule has 1 aromatic rings. The molecule has 2 atom stereocenters. The van der Waals surface area contributed by atoms with Crippen LogP contribution < -0.4 is 5.32 Å². The molecular weight excluding hydrogens is 270 g/mol. The predicted molar refractivity (Wildman–Crippen MR) is 79.6 cm³/mol. The summed E-state index contributed by atoms with van der Waals surface area (Å²) in [5.74, 6) is -0.846. The summed E-state index contributed by atoms with van der Waals surface area (Å²) < 4.78 is 10.4. The normalized spacial score (nSPS) is 14.1. The number of ether oxygens (including phenoxy) is 2. The molecule has 5 nitrogen and oxygen atoms in total. The van der Waals surface area contributed by atoms with Crippen LogP contribution in [0.15, 0.2) is 30.3 Å². The highest BCUT2D eigenvalue weighted by molar-refractivity contribution is 5.87. The minimum Gasteiger partial charge on any atom is -0.458 e. The Labute approximate surface area is 125 Å². The number of amides is 1. The largest absolute Gasteiger partial charge is 0.458 e. The third kappa shape index (κ3) is 5.55. The lowest BCUT2D eigenvalue weighted by Crippen LogP contribution is -2.44. The Morgan fingerprint density at radius 3 is 2.19 bits per heavy atom. The van der Waals surface area contributed by atoms with E-state index in [4.69, 9.17) is 9.47 Å². The summed E-state index contributed by atoms with van der Waals surface area (Å²) in [6.07, 6.45) is -0.754. The van der Waals surface area contributed by atoms with Crippen molar-refractivity contribution in [1.29, 1.82) is 0 Å². The Kier molecular flexibility index (Phi) is 5.90. The summed E-state index contributed by atoms with van der Waals surface area (Å²) in [6, 6.07) is 8.37. The highest BCUT2D eigenvalue weighted by Crippen LogP contribution is 2.16. The number of carbonyl (C=O) groups is 2. The van der Waals surface area contributed by atoms with Gasteiger partial charge < -0.3 is 14.8 Å². The number of hydrogen-bond acceptors (Lipinski definition) is 4. The maximum atomic E-state index is 12.2. The minimum atomic E-state index is -0.754. The van der Waals surface area contributed by atoms with Crippen LogP contribution in [-0.4, -0.2) is 30.6 Å². The van der Waals surface area contributed by atoms with Crippen molar-refractivity contribution in [2.75, 3.05) is 7.11 Å². The Morgan fingerprint density at radius 2 is 1.71 bits per heavy atom. The molecule has 0 aliphatic heterocycles. The summed E-state index contributed by atoms with van der Waals surface area (Å²) in [6.45, 7) is 6.92. The number of nitrogens with one attached hydrogen (secondary N) is 1. The van der Waals surface area contributed by atoms with E-state index >= 15 is 0 Å². The molecule has 0 saturated carbocycles. The molecule has 1 N–H and O–H groups in total. The molecule has 0 aliphatic carbocycles. The third-order valence-corrected chi connectivity index (χ3v) is 2.70. The average molecular weight is 293 g/mol. The fourth-order valence-corrected chi connectivity index (χ4v) is 1.76. The van der Waals surface area contributed by atoms with Gasteiger partial charge in [-0.05, 0) is 33.3 Å². The number of carbonyl (C=O) groups excluding carboxylic acids is 2. The number of esters is 1. The molecule has 0 aliphatic rings. The van der Waals surface area contributed by atoms with Crippen molar-refractivity contribution in [3.8, 4) is 0 Å². The van der Waals surface area contributed by atoms with Gasteiger partial charge in [-0.3, -0.25) is 4.79 Å². The van der Waals surface area contributed by atoms with E-state index in [0.717, 1.165) is 5.56 Å². The van der Waals surface area contributed by atoms with Crippen LogP contribution in [0, 0.1) is 0 Å². The lowest BCUT2D eigenvalue weighted by Gasteiger charge is -2.24. The molecule has 21 heavy (non-hydrogen) atoms. The second kappa shape index (κ2) is 7.22. The number of methoxy groups -OCH3 is 1. The van der Waals surface area contributed by atoms with E-state index in [0.29, 0.717) is 0 Å².